The summed E-state index contributed by atoms with van der Waals surface area (Å²) in [5, 5.41) is 42.7. The Morgan fingerprint density at radius 3 is 1.23 bits per heavy atom. The molecule has 500 valence electrons. The molecule has 3 atom stereocenters. The summed E-state index contributed by atoms with van der Waals surface area (Å²) in [5.74, 6) is -0.693. The van der Waals surface area contributed by atoms with Crippen molar-refractivity contribution in [3.8, 4) is 51.0 Å². The van der Waals surface area contributed by atoms with Crippen molar-refractivity contribution in [3.05, 3.63) is 209 Å². The van der Waals surface area contributed by atoms with Gasteiger partial charge >= 0.3 is 121 Å². The molecule has 27 heteroatoms. The van der Waals surface area contributed by atoms with Gasteiger partial charge in [-0.3, -0.25) is 23.6 Å². The van der Waals surface area contributed by atoms with Crippen LogP contribution in [-0.4, -0.2) is 77.1 Å². The molecule has 3 aromatic heterocycles. The molecule has 0 saturated heterocycles. The number of alkyl halides is 1. The Balaban J connectivity index is -0.000000573. The van der Waals surface area contributed by atoms with Crippen molar-refractivity contribution in [3.63, 3.8) is 0 Å². The summed E-state index contributed by atoms with van der Waals surface area (Å²) >= 11 is 31.6. The SMILES string of the molecule is C.C.C.C.C.CCOC(=O)C(Br)c1cccc(Br)c1.CCOC(=O)C(Oc1ccc(Cl)cc1-c1ccn(CC)n1)c1cccc(Br)c1.CCn1ccc(-c2cc(Cl)ccc2O)n1.CCn1ccc(-c2cc(Cl)ccc2OC(C(=O)O)c2cccc(Br)c2)n1.O=CO[O-].[H-].[K+].[K+]. The van der Waals surface area contributed by atoms with Crippen LogP contribution in [0, 0.1) is 0 Å². The molecule has 0 bridgehead atoms. The van der Waals surface area contributed by atoms with Crippen LogP contribution in [0.1, 0.15) is 107 Å². The molecule has 9 rings (SSSR count). The van der Waals surface area contributed by atoms with Gasteiger partial charge in [0.2, 0.25) is 12.2 Å². The number of benzene rings is 6. The number of aromatic nitrogens is 6. The number of hydrogen-bond donors (Lipinski definition) is 2. The number of ether oxygens (including phenoxy) is 4. The Hall–Kier alpha value is -3.75. The molecule has 6 aromatic carbocycles. The zero-order chi connectivity index (χ0) is 63.6. The molecule has 9 aromatic rings. The number of carboxylic acid groups (broad SMARTS) is 1. The van der Waals surface area contributed by atoms with Crippen LogP contribution in [0.15, 0.2) is 178 Å². The van der Waals surface area contributed by atoms with E-state index in [4.69, 9.17) is 63.8 Å². The molecule has 18 nitrogen and oxygen atoms in total. The van der Waals surface area contributed by atoms with Crippen LogP contribution in [-0.2, 0) is 53.2 Å². The Labute approximate surface area is 687 Å². The van der Waals surface area contributed by atoms with E-state index in [1.807, 2.05) is 117 Å². The summed E-state index contributed by atoms with van der Waals surface area (Å²) < 4.78 is 30.1. The first kappa shape index (κ1) is 94.4. The van der Waals surface area contributed by atoms with Crippen LogP contribution in [0.5, 0.6) is 17.2 Å². The average Bonchev–Trinajstić information content (AvgIpc) is 1.81. The molecular weight excluding hydrogens is 1580 g/mol. The van der Waals surface area contributed by atoms with Crippen LogP contribution in [0.25, 0.3) is 33.8 Å². The first-order valence-corrected chi connectivity index (χ1v) is 30.9. The number of halogens is 7. The fraction of sp³-hybridized carbons (Fsp3) is 0.269. The molecule has 0 saturated carbocycles. The number of aryl methyl sites for hydroxylation is 3. The number of carbonyl (C=O) groups is 4. The number of phenolic OH excluding ortho intramolecular Hbond substituents is 1. The first-order chi connectivity index (χ1) is 41.7. The summed E-state index contributed by atoms with van der Waals surface area (Å²) in [6.45, 7) is 12.3. The molecule has 94 heavy (non-hydrogen) atoms. The third-order valence-corrected chi connectivity index (χ3v) is 14.8. The monoisotopic (exact) mass is 1660 g/mol. The predicted octanol–water partition coefficient (Wildman–Crippen LogP) is 13.0. The van der Waals surface area contributed by atoms with Crippen molar-refractivity contribution in [2.45, 2.75) is 108 Å². The molecule has 0 amide bonds. The minimum absolute atomic E-state index is 0. The summed E-state index contributed by atoms with van der Waals surface area (Å²) in [4.78, 5) is 46.6. The van der Waals surface area contributed by atoms with Crippen LogP contribution >= 0.6 is 98.5 Å². The normalized spacial score (nSPS) is 10.6. The zero-order valence-corrected chi connectivity index (χ0v) is 64.1. The Morgan fingerprint density at radius 2 is 0.872 bits per heavy atom. The fourth-order valence-electron chi connectivity index (χ4n) is 7.71. The van der Waals surface area contributed by atoms with E-state index in [9.17, 15) is 24.6 Å². The maximum absolute atomic E-state index is 12.6. The van der Waals surface area contributed by atoms with Gasteiger partial charge in [0.05, 0.1) is 30.3 Å². The van der Waals surface area contributed by atoms with Crippen molar-refractivity contribution in [1.29, 1.82) is 0 Å². The largest absolute Gasteiger partial charge is 1.00 e. The number of rotatable bonds is 19. The Morgan fingerprint density at radius 1 is 0.532 bits per heavy atom. The van der Waals surface area contributed by atoms with E-state index < -0.39 is 24.1 Å². The van der Waals surface area contributed by atoms with Gasteiger partial charge in [-0.15, -0.1) is 0 Å². The van der Waals surface area contributed by atoms with Crippen molar-refractivity contribution in [2.75, 3.05) is 13.2 Å². The van der Waals surface area contributed by atoms with Gasteiger partial charge in [0.1, 0.15) is 22.1 Å². The van der Waals surface area contributed by atoms with E-state index in [1.165, 1.54) is 0 Å². The number of aromatic hydroxyl groups is 1. The number of hydrogen-bond acceptors (Lipinski definition) is 14. The number of nitrogens with zero attached hydrogens (tertiary/aromatic N) is 6. The maximum Gasteiger partial charge on any atom is 1.00 e. The fourth-order valence-corrected chi connectivity index (χ4v) is 9.89. The number of carbonyl (C=O) groups excluding carboxylic acids is 3. The summed E-state index contributed by atoms with van der Waals surface area (Å²) in [7, 11) is 0. The van der Waals surface area contributed by atoms with Gasteiger partial charge in [-0.1, -0.05) is 172 Å². The van der Waals surface area contributed by atoms with E-state index in [0.29, 0.717) is 66.7 Å². The van der Waals surface area contributed by atoms with E-state index in [2.05, 4.69) is 83.9 Å². The summed E-state index contributed by atoms with van der Waals surface area (Å²) in [6.07, 6.45) is 3.54. The van der Waals surface area contributed by atoms with Gasteiger partial charge in [-0.05, 0) is 149 Å². The van der Waals surface area contributed by atoms with E-state index in [1.54, 1.807) is 96.0 Å². The minimum atomic E-state index is -1.15. The Kier molecular flexibility index (Phi) is 49.9. The third-order valence-electron chi connectivity index (χ3n) is 11.8. The van der Waals surface area contributed by atoms with Gasteiger partial charge in [0.25, 0.3) is 6.47 Å². The van der Waals surface area contributed by atoms with Crippen molar-refractivity contribution in [1.82, 2.24) is 29.3 Å². The molecule has 3 heterocycles. The standard InChI is InChI=1S/C21H20BrClN2O3.C19H16BrClN2O3.C11H11ClN2O.C10H10Br2O2.CH2O3.5CH4.2K.H/c1-3-25-11-10-18(24-25)17-13-16(23)8-9-19(17)28-20(21(26)27-4-2)14-6-5-7-15(22)12-14;1-2-23-9-8-16(22-23)15-11-14(21)6-7-17(15)26-18(19(24)25)12-4-3-5-13(20)10-12;1-2-14-6-5-10(13-14)9-7-8(12)3-4-11(9)15;1-2-14-10(13)9(12)7-4-3-5-8(11)6-7;2-1-4-3;;;;;;;;/h5-13,20H,3-4H2,1-2H3;3-11,18H,2H2,1H3,(H,24,25);3-7,15H,2H2,1H3;3-6,9H,2H2,1H3;1,3H;5*1H4;;;/q;;;;;;;;;;2*+1;-1/p-1. The molecular formula is C67H79Br4Cl3K2N6O12. The second kappa shape index (κ2) is 49.7. The topological polar surface area (TPSA) is 231 Å². The van der Waals surface area contributed by atoms with E-state index in [0.717, 1.165) is 50.0 Å². The predicted molar refractivity (Wildman–Crippen MR) is 380 cm³/mol. The van der Waals surface area contributed by atoms with Crippen LogP contribution < -0.4 is 118 Å². The number of carboxylic acids is 1. The van der Waals surface area contributed by atoms with Gasteiger partial charge < -0.3 is 40.7 Å². The second-order valence-electron chi connectivity index (χ2n) is 17.7. The first-order valence-electron chi connectivity index (χ1n) is 26.5. The molecule has 0 aliphatic carbocycles. The van der Waals surface area contributed by atoms with Crippen molar-refractivity contribution < 1.29 is 163 Å². The van der Waals surface area contributed by atoms with Crippen molar-refractivity contribution in [2.24, 2.45) is 0 Å². The third kappa shape index (κ3) is 30.2. The average molecular weight is 1660 g/mol. The van der Waals surface area contributed by atoms with Crippen molar-refractivity contribution >= 4 is 123 Å². The smallest absolute Gasteiger partial charge is 1.00 e. The maximum atomic E-state index is 12.6. The van der Waals surface area contributed by atoms with Gasteiger partial charge in [-0.2, -0.15) is 15.3 Å². The Bertz CT molecular complexity index is 3720. The number of aliphatic carboxylic acids is 1. The second-order valence-corrected chi connectivity index (χ2v) is 22.6. The zero-order valence-electron chi connectivity index (χ0n) is 50.2. The minimum Gasteiger partial charge on any atom is -1.00 e. The van der Waals surface area contributed by atoms with Gasteiger partial charge in [-0.25, -0.2) is 9.59 Å². The molecule has 0 aliphatic heterocycles. The molecule has 0 aliphatic rings. The van der Waals surface area contributed by atoms with Gasteiger partial charge in [0.15, 0.2) is 0 Å². The van der Waals surface area contributed by atoms with Gasteiger partial charge in [0, 0.05) is 94.5 Å². The van der Waals surface area contributed by atoms with E-state index >= 15 is 0 Å². The molecule has 0 fully saturated rings. The number of phenols is 1. The summed E-state index contributed by atoms with van der Waals surface area (Å²) in [6, 6.07) is 42.8. The van der Waals surface area contributed by atoms with E-state index in [-0.39, 0.29) is 171 Å². The quantitative estimate of drug-likeness (QED) is 0.0191. The number of esters is 2. The molecule has 0 spiro atoms. The van der Waals surface area contributed by atoms with Crippen LogP contribution in [0.2, 0.25) is 15.1 Å². The molecule has 0 radical (unpaired) electrons. The van der Waals surface area contributed by atoms with Crippen LogP contribution in [0.3, 0.4) is 0 Å². The molecule has 3 unspecified atom stereocenters. The molecule has 2 N–H and O–H groups in total. The summed E-state index contributed by atoms with van der Waals surface area (Å²) in [5.41, 5.74) is 6.25. The van der Waals surface area contributed by atoms with Crippen LogP contribution in [0.4, 0.5) is 0 Å².